The lowest BCUT2D eigenvalue weighted by molar-refractivity contribution is -0.103. The van der Waals surface area contributed by atoms with Crippen LogP contribution >= 0.6 is 0 Å². The first kappa shape index (κ1) is 13.9. The lowest BCUT2D eigenvalue weighted by Gasteiger charge is -2.44. The van der Waals surface area contributed by atoms with Gasteiger partial charge in [0, 0.05) is 18.3 Å². The molecule has 2 nitrogen and oxygen atoms in total. The average Bonchev–Trinajstić information content (AvgIpc) is 2.49. The fraction of sp³-hybridized carbons (Fsp3) is 0.667. The van der Waals surface area contributed by atoms with Crippen LogP contribution in [-0.4, -0.2) is 18.2 Å². The van der Waals surface area contributed by atoms with Crippen molar-refractivity contribution in [3.63, 3.8) is 0 Å². The zero-order valence-electron chi connectivity index (χ0n) is 12.7. The zero-order chi connectivity index (χ0) is 13.8. The normalized spacial score (nSPS) is 25.6. The van der Waals surface area contributed by atoms with Gasteiger partial charge in [-0.2, -0.15) is 0 Å². The highest BCUT2D eigenvalue weighted by Gasteiger charge is 2.38. The van der Waals surface area contributed by atoms with Gasteiger partial charge in [-0.05, 0) is 43.7 Å². The van der Waals surface area contributed by atoms with Crippen LogP contribution in [0.15, 0.2) is 24.3 Å². The first-order chi connectivity index (χ1) is 9.81. The summed E-state index contributed by atoms with van der Waals surface area (Å²) in [6.07, 6.45) is 10.0. The lowest BCUT2D eigenvalue weighted by atomic mass is 9.78. The Kier molecular flexibility index (Phi) is 4.30. The molecule has 2 heteroatoms. The number of aryl methyl sites for hydroxylation is 1. The molecule has 1 saturated carbocycles. The topological polar surface area (TPSA) is 21.3 Å². The molecule has 1 spiro atoms. The molecule has 1 aromatic rings. The summed E-state index contributed by atoms with van der Waals surface area (Å²) >= 11 is 0. The second-order valence-corrected chi connectivity index (χ2v) is 6.44. The summed E-state index contributed by atoms with van der Waals surface area (Å²) in [5.41, 5.74) is 2.94. The Morgan fingerprint density at radius 3 is 2.80 bits per heavy atom. The average molecular weight is 273 g/mol. The molecule has 0 radical (unpaired) electrons. The van der Waals surface area contributed by atoms with Gasteiger partial charge in [0.2, 0.25) is 0 Å². The molecule has 0 aromatic heterocycles. The zero-order valence-corrected chi connectivity index (χ0v) is 12.7. The lowest BCUT2D eigenvalue weighted by Crippen LogP contribution is -2.45. The van der Waals surface area contributed by atoms with Crippen LogP contribution < -0.4 is 5.32 Å². The summed E-state index contributed by atoms with van der Waals surface area (Å²) in [7, 11) is 0. The largest absolute Gasteiger partial charge is 0.382 e. The SMILES string of the molecule is CCc1ccccc1NC1CCOC2(CCCCC2)C1. The van der Waals surface area contributed by atoms with Gasteiger partial charge in [0.15, 0.2) is 0 Å². The Morgan fingerprint density at radius 1 is 1.20 bits per heavy atom. The molecule has 1 N–H and O–H groups in total. The van der Waals surface area contributed by atoms with E-state index in [1.807, 2.05) is 0 Å². The van der Waals surface area contributed by atoms with E-state index in [0.29, 0.717) is 6.04 Å². The van der Waals surface area contributed by atoms with Crippen LogP contribution in [0.3, 0.4) is 0 Å². The summed E-state index contributed by atoms with van der Waals surface area (Å²) in [6, 6.07) is 9.31. The predicted molar refractivity (Wildman–Crippen MR) is 84.2 cm³/mol. The highest BCUT2D eigenvalue weighted by molar-refractivity contribution is 5.51. The van der Waals surface area contributed by atoms with Crippen LogP contribution in [0, 0.1) is 0 Å². The molecule has 1 aliphatic heterocycles. The van der Waals surface area contributed by atoms with Crippen LogP contribution in [0.5, 0.6) is 0 Å². The van der Waals surface area contributed by atoms with Crippen molar-refractivity contribution in [3.05, 3.63) is 29.8 Å². The van der Waals surface area contributed by atoms with E-state index in [1.165, 1.54) is 49.8 Å². The number of hydrogen-bond donors (Lipinski definition) is 1. The van der Waals surface area contributed by atoms with E-state index in [-0.39, 0.29) is 5.60 Å². The van der Waals surface area contributed by atoms with Crippen LogP contribution in [0.2, 0.25) is 0 Å². The number of rotatable bonds is 3. The third-order valence-electron chi connectivity index (χ3n) is 5.02. The van der Waals surface area contributed by atoms with E-state index in [9.17, 15) is 0 Å². The summed E-state index contributed by atoms with van der Waals surface area (Å²) < 4.78 is 6.19. The van der Waals surface area contributed by atoms with Crippen molar-refractivity contribution in [1.82, 2.24) is 0 Å². The molecule has 1 aromatic carbocycles. The van der Waals surface area contributed by atoms with Gasteiger partial charge in [-0.1, -0.05) is 44.4 Å². The van der Waals surface area contributed by atoms with Gasteiger partial charge < -0.3 is 10.1 Å². The van der Waals surface area contributed by atoms with Gasteiger partial charge in [-0.3, -0.25) is 0 Å². The number of hydrogen-bond acceptors (Lipinski definition) is 2. The van der Waals surface area contributed by atoms with E-state index >= 15 is 0 Å². The molecule has 1 heterocycles. The third-order valence-corrected chi connectivity index (χ3v) is 5.02. The van der Waals surface area contributed by atoms with Gasteiger partial charge >= 0.3 is 0 Å². The Morgan fingerprint density at radius 2 is 2.00 bits per heavy atom. The fourth-order valence-electron chi connectivity index (χ4n) is 3.88. The molecular formula is C18H27NO. The van der Waals surface area contributed by atoms with E-state index < -0.39 is 0 Å². The highest BCUT2D eigenvalue weighted by atomic mass is 16.5. The molecule has 110 valence electrons. The number of para-hydroxylation sites is 1. The number of anilines is 1. The minimum Gasteiger partial charge on any atom is -0.382 e. The van der Waals surface area contributed by atoms with Crippen LogP contribution in [-0.2, 0) is 11.2 Å². The first-order valence-electron chi connectivity index (χ1n) is 8.30. The monoisotopic (exact) mass is 273 g/mol. The number of ether oxygens (including phenoxy) is 1. The summed E-state index contributed by atoms with van der Waals surface area (Å²) in [5, 5.41) is 3.79. The van der Waals surface area contributed by atoms with E-state index in [0.717, 1.165) is 19.4 Å². The highest BCUT2D eigenvalue weighted by Crippen LogP contribution is 2.39. The van der Waals surface area contributed by atoms with E-state index in [2.05, 4.69) is 36.5 Å². The fourth-order valence-corrected chi connectivity index (χ4v) is 3.88. The van der Waals surface area contributed by atoms with Crippen LogP contribution in [0.1, 0.15) is 57.4 Å². The second kappa shape index (κ2) is 6.17. The molecule has 1 atom stereocenters. The van der Waals surface area contributed by atoms with Crippen molar-refractivity contribution >= 4 is 5.69 Å². The maximum absolute atomic E-state index is 6.19. The van der Waals surface area contributed by atoms with Gasteiger partial charge in [-0.25, -0.2) is 0 Å². The van der Waals surface area contributed by atoms with Gasteiger partial charge in [-0.15, -0.1) is 0 Å². The van der Waals surface area contributed by atoms with Crippen molar-refractivity contribution in [2.24, 2.45) is 0 Å². The Balaban J connectivity index is 1.68. The summed E-state index contributed by atoms with van der Waals surface area (Å²) in [4.78, 5) is 0. The van der Waals surface area contributed by atoms with Gasteiger partial charge in [0.25, 0.3) is 0 Å². The van der Waals surface area contributed by atoms with Crippen molar-refractivity contribution < 1.29 is 4.74 Å². The molecule has 2 fully saturated rings. The van der Waals surface area contributed by atoms with Crippen molar-refractivity contribution in [3.8, 4) is 0 Å². The molecule has 1 saturated heterocycles. The maximum Gasteiger partial charge on any atom is 0.0702 e. The van der Waals surface area contributed by atoms with Gasteiger partial charge in [0.1, 0.15) is 0 Å². The quantitative estimate of drug-likeness (QED) is 0.872. The Bertz CT molecular complexity index is 431. The first-order valence-corrected chi connectivity index (χ1v) is 8.30. The molecule has 2 aliphatic rings. The molecule has 1 unspecified atom stereocenters. The minimum absolute atomic E-state index is 0.190. The molecule has 3 rings (SSSR count). The summed E-state index contributed by atoms with van der Waals surface area (Å²) in [6.45, 7) is 3.15. The summed E-state index contributed by atoms with van der Waals surface area (Å²) in [5.74, 6) is 0. The number of benzene rings is 1. The van der Waals surface area contributed by atoms with E-state index in [1.54, 1.807) is 0 Å². The van der Waals surface area contributed by atoms with Crippen LogP contribution in [0.25, 0.3) is 0 Å². The minimum atomic E-state index is 0.190. The smallest absolute Gasteiger partial charge is 0.0702 e. The number of nitrogens with one attached hydrogen (secondary N) is 1. The molecule has 0 amide bonds. The molecular weight excluding hydrogens is 246 g/mol. The Hall–Kier alpha value is -1.02. The second-order valence-electron chi connectivity index (χ2n) is 6.44. The van der Waals surface area contributed by atoms with Crippen molar-refractivity contribution in [2.75, 3.05) is 11.9 Å². The van der Waals surface area contributed by atoms with Gasteiger partial charge in [0.05, 0.1) is 5.60 Å². The maximum atomic E-state index is 6.19. The molecule has 0 bridgehead atoms. The van der Waals surface area contributed by atoms with Crippen molar-refractivity contribution in [1.29, 1.82) is 0 Å². The standard InChI is InChI=1S/C18H27NO/c1-2-15-8-4-5-9-17(15)19-16-10-13-20-18(14-16)11-6-3-7-12-18/h4-5,8-9,16,19H,2-3,6-7,10-14H2,1H3. The Labute approximate surface area is 122 Å². The van der Waals surface area contributed by atoms with Crippen LogP contribution in [0.4, 0.5) is 5.69 Å². The van der Waals surface area contributed by atoms with E-state index in [4.69, 9.17) is 4.74 Å². The third kappa shape index (κ3) is 3.01. The molecule has 1 aliphatic carbocycles. The van der Waals surface area contributed by atoms with Crippen molar-refractivity contribution in [2.45, 2.75) is 69.9 Å². The predicted octanol–water partition coefficient (Wildman–Crippen LogP) is 4.54. The molecule has 20 heavy (non-hydrogen) atoms.